The highest BCUT2D eigenvalue weighted by Crippen LogP contribution is 2.40. The first-order valence-corrected chi connectivity index (χ1v) is 10.3. The molecule has 1 aliphatic heterocycles. The molecule has 0 spiro atoms. The van der Waals surface area contributed by atoms with Crippen molar-refractivity contribution < 1.29 is 0 Å². The second-order valence-corrected chi connectivity index (χ2v) is 8.22. The van der Waals surface area contributed by atoms with Gasteiger partial charge in [-0.1, -0.05) is 91.1 Å². The Bertz CT molecular complexity index is 1170. The topological polar surface area (TPSA) is 0 Å². The largest absolute Gasteiger partial charge is 0.0906 e. The molecule has 0 bridgehead atoms. The summed E-state index contributed by atoms with van der Waals surface area (Å²) in [4.78, 5) is 2.73. The van der Waals surface area contributed by atoms with Gasteiger partial charge in [0.2, 0.25) is 0 Å². The predicted molar refractivity (Wildman–Crippen MR) is 120 cm³/mol. The number of fused-ring (bicyclic) bond motifs is 2. The molecule has 1 heteroatoms. The van der Waals surface area contributed by atoms with Crippen molar-refractivity contribution in [3.05, 3.63) is 126 Å². The Labute approximate surface area is 170 Å². The quantitative estimate of drug-likeness (QED) is 0.315. The van der Waals surface area contributed by atoms with E-state index >= 15 is 0 Å². The third-order valence-corrected chi connectivity index (χ3v) is 6.54. The number of hydrogen-bond donors (Lipinski definition) is 0. The van der Waals surface area contributed by atoms with Crippen molar-refractivity contribution in [1.29, 1.82) is 0 Å². The highest BCUT2D eigenvalue weighted by molar-refractivity contribution is 7.99. The Morgan fingerprint density at radius 2 is 1.32 bits per heavy atom. The Morgan fingerprint density at radius 3 is 2.21 bits per heavy atom. The lowest BCUT2D eigenvalue weighted by Gasteiger charge is -2.20. The summed E-state index contributed by atoms with van der Waals surface area (Å²) in [5.74, 6) is 0. The van der Waals surface area contributed by atoms with Gasteiger partial charge in [0.05, 0.1) is 0 Å². The standard InChI is InChI=1S/C27H20S/c1-19(21-11-7-12-23(16-21)20-8-3-2-4-9-20)22-14-15-27-25(17-22)18-24-10-5-6-13-26(24)28-27/h2-17H,1,18H2. The average molecular weight is 377 g/mol. The molecule has 28 heavy (non-hydrogen) atoms. The van der Waals surface area contributed by atoms with Gasteiger partial charge >= 0.3 is 0 Å². The average Bonchev–Trinajstić information content (AvgIpc) is 2.77. The van der Waals surface area contributed by atoms with Gasteiger partial charge in [-0.25, -0.2) is 0 Å². The molecule has 0 amide bonds. The van der Waals surface area contributed by atoms with Crippen LogP contribution in [0, 0.1) is 0 Å². The molecular weight excluding hydrogens is 356 g/mol. The summed E-state index contributed by atoms with van der Waals surface area (Å²) in [6.07, 6.45) is 0.990. The van der Waals surface area contributed by atoms with E-state index in [2.05, 4.69) is 104 Å². The minimum atomic E-state index is 0.990. The molecule has 1 heterocycles. The van der Waals surface area contributed by atoms with E-state index in [1.165, 1.54) is 43.2 Å². The first-order valence-electron chi connectivity index (χ1n) is 9.52. The van der Waals surface area contributed by atoms with Gasteiger partial charge < -0.3 is 0 Å². The van der Waals surface area contributed by atoms with Crippen molar-refractivity contribution in [2.45, 2.75) is 16.2 Å². The van der Waals surface area contributed by atoms with Crippen molar-refractivity contribution in [3.63, 3.8) is 0 Å². The summed E-state index contributed by atoms with van der Waals surface area (Å²) in [5.41, 5.74) is 8.70. The van der Waals surface area contributed by atoms with Crippen molar-refractivity contribution in [2.24, 2.45) is 0 Å². The molecule has 0 saturated carbocycles. The minimum absolute atomic E-state index is 0.990. The summed E-state index contributed by atoms with van der Waals surface area (Å²) < 4.78 is 0. The van der Waals surface area contributed by atoms with Crippen molar-refractivity contribution >= 4 is 17.3 Å². The van der Waals surface area contributed by atoms with Crippen LogP contribution in [0.4, 0.5) is 0 Å². The van der Waals surface area contributed by atoms with Gasteiger partial charge in [-0.2, -0.15) is 0 Å². The summed E-state index contributed by atoms with van der Waals surface area (Å²) in [5, 5.41) is 0. The van der Waals surface area contributed by atoms with Crippen LogP contribution >= 0.6 is 11.8 Å². The van der Waals surface area contributed by atoms with Crippen LogP contribution in [0.1, 0.15) is 22.3 Å². The molecule has 0 radical (unpaired) electrons. The third kappa shape index (κ3) is 3.19. The Hall–Kier alpha value is -3.03. The van der Waals surface area contributed by atoms with Gasteiger partial charge in [0.15, 0.2) is 0 Å². The van der Waals surface area contributed by atoms with Gasteiger partial charge in [0, 0.05) is 9.79 Å². The second kappa shape index (κ2) is 7.18. The highest BCUT2D eigenvalue weighted by Gasteiger charge is 2.16. The smallest absolute Gasteiger partial charge is 0.0158 e. The van der Waals surface area contributed by atoms with Crippen LogP contribution in [0.5, 0.6) is 0 Å². The van der Waals surface area contributed by atoms with Gasteiger partial charge in [-0.15, -0.1) is 0 Å². The summed E-state index contributed by atoms with van der Waals surface area (Å²) in [7, 11) is 0. The maximum absolute atomic E-state index is 4.42. The molecular formula is C27H20S. The van der Waals surface area contributed by atoms with Crippen LogP contribution in [0.3, 0.4) is 0 Å². The van der Waals surface area contributed by atoms with Crippen molar-refractivity contribution in [2.75, 3.05) is 0 Å². The van der Waals surface area contributed by atoms with Gasteiger partial charge in [-0.05, 0) is 69.6 Å². The maximum atomic E-state index is 4.42. The fraction of sp³-hybridized carbons (Fsp3) is 0.0370. The number of benzene rings is 4. The molecule has 4 aromatic rings. The van der Waals surface area contributed by atoms with E-state index < -0.39 is 0 Å². The van der Waals surface area contributed by atoms with Crippen LogP contribution in [0.2, 0.25) is 0 Å². The molecule has 0 nitrogen and oxygen atoms in total. The number of hydrogen-bond acceptors (Lipinski definition) is 1. The molecule has 5 rings (SSSR count). The monoisotopic (exact) mass is 376 g/mol. The van der Waals surface area contributed by atoms with E-state index in [0.717, 1.165) is 12.0 Å². The Balaban J connectivity index is 1.47. The lowest BCUT2D eigenvalue weighted by molar-refractivity contribution is 1.05. The normalized spacial score (nSPS) is 12.1. The lowest BCUT2D eigenvalue weighted by Crippen LogP contribution is -2.00. The molecule has 1 aliphatic rings. The van der Waals surface area contributed by atoms with E-state index in [1.54, 1.807) is 0 Å². The van der Waals surface area contributed by atoms with Gasteiger partial charge in [0.1, 0.15) is 0 Å². The molecule has 0 atom stereocenters. The van der Waals surface area contributed by atoms with Gasteiger partial charge in [0.25, 0.3) is 0 Å². The SMILES string of the molecule is C=C(c1cccc(-c2ccccc2)c1)c1ccc2c(c1)Cc1ccccc1S2. The summed E-state index contributed by atoms with van der Waals surface area (Å²) in [6.45, 7) is 4.42. The Morgan fingerprint density at radius 1 is 0.607 bits per heavy atom. The van der Waals surface area contributed by atoms with Crippen LogP contribution < -0.4 is 0 Å². The first-order chi connectivity index (χ1) is 13.8. The zero-order valence-electron chi connectivity index (χ0n) is 15.6. The van der Waals surface area contributed by atoms with Crippen molar-refractivity contribution in [3.8, 4) is 11.1 Å². The maximum Gasteiger partial charge on any atom is 0.0158 e. The zero-order valence-corrected chi connectivity index (χ0v) is 16.4. The molecule has 0 N–H and O–H groups in total. The molecule has 0 aliphatic carbocycles. The first kappa shape index (κ1) is 17.1. The van der Waals surface area contributed by atoms with Crippen LogP contribution in [-0.4, -0.2) is 0 Å². The molecule has 134 valence electrons. The van der Waals surface area contributed by atoms with Gasteiger partial charge in [-0.3, -0.25) is 0 Å². The minimum Gasteiger partial charge on any atom is -0.0906 e. The predicted octanol–water partition coefficient (Wildman–Crippen LogP) is 7.47. The fourth-order valence-corrected chi connectivity index (χ4v) is 4.81. The molecule has 0 aromatic heterocycles. The van der Waals surface area contributed by atoms with E-state index in [4.69, 9.17) is 0 Å². The molecule has 0 unspecified atom stereocenters. The number of rotatable bonds is 3. The zero-order chi connectivity index (χ0) is 18.9. The van der Waals surface area contributed by atoms with Crippen molar-refractivity contribution in [1.82, 2.24) is 0 Å². The van der Waals surface area contributed by atoms with E-state index in [0.29, 0.717) is 0 Å². The van der Waals surface area contributed by atoms with E-state index in [-0.39, 0.29) is 0 Å². The van der Waals surface area contributed by atoms with Crippen LogP contribution in [-0.2, 0) is 6.42 Å². The van der Waals surface area contributed by atoms with E-state index in [1.807, 2.05) is 11.8 Å². The molecule has 0 saturated heterocycles. The highest BCUT2D eigenvalue weighted by atomic mass is 32.2. The second-order valence-electron chi connectivity index (χ2n) is 7.13. The fourth-order valence-electron chi connectivity index (χ4n) is 3.76. The summed E-state index contributed by atoms with van der Waals surface area (Å²) >= 11 is 1.87. The Kier molecular flexibility index (Phi) is 4.38. The van der Waals surface area contributed by atoms with Crippen LogP contribution in [0.25, 0.3) is 16.7 Å². The molecule has 0 fully saturated rings. The molecule has 4 aromatic carbocycles. The summed E-state index contributed by atoms with van der Waals surface area (Å²) in [6, 6.07) is 34.6. The van der Waals surface area contributed by atoms with Crippen LogP contribution in [0.15, 0.2) is 113 Å². The lowest BCUT2D eigenvalue weighted by atomic mass is 9.93. The third-order valence-electron chi connectivity index (χ3n) is 5.30. The van der Waals surface area contributed by atoms with E-state index in [9.17, 15) is 0 Å².